The molecule has 0 aliphatic carbocycles. The molecular weight excluding hydrogens is 719 g/mol. The highest BCUT2D eigenvalue weighted by Gasteiger charge is 2.20. The Bertz CT molecular complexity index is 3000. The van der Waals surface area contributed by atoms with Crippen LogP contribution in [0.15, 0.2) is 188 Å². The summed E-state index contributed by atoms with van der Waals surface area (Å²) in [5, 5.41) is 6.80. The van der Waals surface area contributed by atoms with Gasteiger partial charge in [0.15, 0.2) is 0 Å². The number of hydrogen-bond donors (Lipinski definition) is 0. The predicted molar refractivity (Wildman–Crippen MR) is 238 cm³/mol. The van der Waals surface area contributed by atoms with Crippen molar-refractivity contribution in [3.8, 4) is 65.9 Å². The molecule has 0 aliphatic rings. The quantitative estimate of drug-likeness (QED) is 0.170. The van der Waals surface area contributed by atoms with Crippen LogP contribution in [0.2, 0.25) is 0 Å². The third kappa shape index (κ3) is 5.86. The van der Waals surface area contributed by atoms with Crippen LogP contribution in [0.3, 0.4) is 0 Å². The van der Waals surface area contributed by atoms with Crippen LogP contribution in [-0.4, -0.2) is 15.0 Å². The fourth-order valence-electron chi connectivity index (χ4n) is 7.70. The summed E-state index contributed by atoms with van der Waals surface area (Å²) in [6, 6.07) is 67.1. The number of fused-ring (bicyclic) bond motifs is 4. The minimum absolute atomic E-state index is 0.924. The lowest BCUT2D eigenvalue weighted by Crippen LogP contribution is -1.98. The Morgan fingerprint density at radius 2 is 0.714 bits per heavy atom. The van der Waals surface area contributed by atoms with Crippen molar-refractivity contribution in [2.24, 2.45) is 0 Å². The number of benzene rings is 8. The summed E-state index contributed by atoms with van der Waals surface area (Å²) in [6.45, 7) is 0. The number of aromatic nitrogens is 3. The first kappa shape index (κ1) is 32.6. The van der Waals surface area contributed by atoms with Gasteiger partial charge in [-0.1, -0.05) is 133 Å². The van der Waals surface area contributed by atoms with Crippen LogP contribution >= 0.6 is 22.7 Å². The van der Waals surface area contributed by atoms with Crippen molar-refractivity contribution in [1.29, 1.82) is 0 Å². The van der Waals surface area contributed by atoms with Gasteiger partial charge < -0.3 is 0 Å². The smallest absolute Gasteiger partial charge is 0.124 e. The fourth-order valence-corrected chi connectivity index (χ4v) is 9.62. The van der Waals surface area contributed by atoms with Gasteiger partial charge in [-0.05, 0) is 87.3 Å². The number of rotatable bonds is 6. The summed E-state index contributed by atoms with van der Waals surface area (Å²) in [5.41, 5.74) is 12.5. The average molecular weight is 750 g/mol. The molecule has 5 heteroatoms. The largest absolute Gasteiger partial charge is 0.246 e. The summed E-state index contributed by atoms with van der Waals surface area (Å²) in [4.78, 5) is 15.8. The van der Waals surface area contributed by atoms with E-state index in [1.165, 1.54) is 30.9 Å². The van der Waals surface area contributed by atoms with Gasteiger partial charge in [0, 0.05) is 33.4 Å². The molecule has 0 atom stereocenters. The maximum Gasteiger partial charge on any atom is 0.124 e. The summed E-state index contributed by atoms with van der Waals surface area (Å²) < 4.78 is 2.36. The molecule has 0 fully saturated rings. The predicted octanol–water partition coefficient (Wildman–Crippen LogP) is 14.6. The van der Waals surface area contributed by atoms with Gasteiger partial charge in [-0.2, -0.15) is 0 Å². The van der Waals surface area contributed by atoms with Gasteiger partial charge in [0.25, 0.3) is 0 Å². The summed E-state index contributed by atoms with van der Waals surface area (Å²) in [6.07, 6.45) is 0. The van der Waals surface area contributed by atoms with Crippen LogP contribution in [0.25, 0.3) is 108 Å². The molecule has 8 aromatic carbocycles. The van der Waals surface area contributed by atoms with Crippen molar-refractivity contribution in [3.63, 3.8) is 0 Å². The third-order valence-corrected chi connectivity index (χ3v) is 12.7. The van der Waals surface area contributed by atoms with Crippen molar-refractivity contribution in [3.05, 3.63) is 188 Å². The van der Waals surface area contributed by atoms with E-state index < -0.39 is 0 Å². The monoisotopic (exact) mass is 749 g/mol. The van der Waals surface area contributed by atoms with Crippen LogP contribution in [0.1, 0.15) is 0 Å². The highest BCUT2D eigenvalue weighted by Crippen LogP contribution is 2.43. The van der Waals surface area contributed by atoms with E-state index in [2.05, 4.69) is 176 Å². The second kappa shape index (κ2) is 13.5. The zero-order valence-electron chi connectivity index (χ0n) is 30.1. The SMILES string of the molecule is c1cc(-c2nc3ccccc3s2)cc(-c2nc(-c3cccc(-c4nc5ccccc5s4)c3)c(-c3ccc4ccccc4c3)cc2-c2ccc3ccccc3c2)c1. The van der Waals surface area contributed by atoms with Gasteiger partial charge in [0.2, 0.25) is 0 Å². The van der Waals surface area contributed by atoms with Crippen molar-refractivity contribution in [2.75, 3.05) is 0 Å². The summed E-state index contributed by atoms with van der Waals surface area (Å²) in [5.74, 6) is 0. The van der Waals surface area contributed by atoms with Gasteiger partial charge in [-0.25, -0.2) is 15.0 Å². The van der Waals surface area contributed by atoms with E-state index in [4.69, 9.17) is 15.0 Å². The molecule has 3 aromatic heterocycles. The second-order valence-corrected chi connectivity index (χ2v) is 16.1. The third-order valence-electron chi connectivity index (χ3n) is 10.5. The van der Waals surface area contributed by atoms with Crippen LogP contribution in [0.4, 0.5) is 0 Å². The molecule has 0 bridgehead atoms. The van der Waals surface area contributed by atoms with Crippen molar-refractivity contribution in [1.82, 2.24) is 15.0 Å². The first-order chi connectivity index (χ1) is 27.7. The van der Waals surface area contributed by atoms with Crippen molar-refractivity contribution < 1.29 is 0 Å². The first-order valence-electron chi connectivity index (χ1n) is 18.7. The highest BCUT2D eigenvalue weighted by atomic mass is 32.1. The van der Waals surface area contributed by atoms with E-state index in [1.54, 1.807) is 22.7 Å². The first-order valence-corrected chi connectivity index (χ1v) is 20.3. The van der Waals surface area contributed by atoms with Crippen molar-refractivity contribution >= 4 is 64.7 Å². The topological polar surface area (TPSA) is 38.7 Å². The highest BCUT2D eigenvalue weighted by molar-refractivity contribution is 7.22. The van der Waals surface area contributed by atoms with E-state index in [0.29, 0.717) is 0 Å². The Morgan fingerprint density at radius 1 is 0.286 bits per heavy atom. The molecule has 0 unspecified atom stereocenters. The minimum Gasteiger partial charge on any atom is -0.246 e. The normalized spacial score (nSPS) is 11.6. The van der Waals surface area contributed by atoms with Gasteiger partial charge in [0.05, 0.1) is 31.8 Å². The van der Waals surface area contributed by atoms with E-state index in [0.717, 1.165) is 76.9 Å². The summed E-state index contributed by atoms with van der Waals surface area (Å²) in [7, 11) is 0. The number of nitrogens with zero attached hydrogens (tertiary/aromatic N) is 3. The maximum absolute atomic E-state index is 5.75. The molecular formula is C51H31N3S2. The molecule has 0 amide bonds. The molecule has 0 N–H and O–H groups in total. The van der Waals surface area contributed by atoms with Crippen LogP contribution in [0, 0.1) is 0 Å². The Hall–Kier alpha value is -6.79. The Kier molecular flexibility index (Phi) is 7.87. The van der Waals surface area contributed by atoms with E-state index in [1.807, 2.05) is 12.1 Å². The van der Waals surface area contributed by atoms with Gasteiger partial charge in [-0.3, -0.25) is 0 Å². The minimum atomic E-state index is 0.924. The van der Waals surface area contributed by atoms with Crippen LogP contribution in [0.5, 0.6) is 0 Å². The maximum atomic E-state index is 5.75. The van der Waals surface area contributed by atoms with Crippen molar-refractivity contribution in [2.45, 2.75) is 0 Å². The molecule has 11 aromatic rings. The lowest BCUT2D eigenvalue weighted by Gasteiger charge is -2.18. The number of para-hydroxylation sites is 2. The van der Waals surface area contributed by atoms with E-state index in [-0.39, 0.29) is 0 Å². The average Bonchev–Trinajstić information content (AvgIpc) is 3.91. The number of pyridine rings is 1. The molecule has 3 heterocycles. The molecule has 262 valence electrons. The number of hydrogen-bond acceptors (Lipinski definition) is 5. The Morgan fingerprint density at radius 3 is 1.20 bits per heavy atom. The van der Waals surface area contributed by atoms with Crippen LogP contribution < -0.4 is 0 Å². The Labute approximate surface area is 331 Å². The Balaban J connectivity index is 1.17. The molecule has 56 heavy (non-hydrogen) atoms. The zero-order valence-corrected chi connectivity index (χ0v) is 31.7. The fraction of sp³-hybridized carbons (Fsp3) is 0. The van der Waals surface area contributed by atoms with Gasteiger partial charge in [-0.15, -0.1) is 22.7 Å². The van der Waals surface area contributed by atoms with Crippen LogP contribution in [-0.2, 0) is 0 Å². The molecule has 0 spiro atoms. The van der Waals surface area contributed by atoms with Gasteiger partial charge >= 0.3 is 0 Å². The molecule has 0 aliphatic heterocycles. The van der Waals surface area contributed by atoms with Gasteiger partial charge in [0.1, 0.15) is 10.0 Å². The lowest BCUT2D eigenvalue weighted by molar-refractivity contribution is 1.32. The van der Waals surface area contributed by atoms with E-state index >= 15 is 0 Å². The molecule has 0 saturated carbocycles. The standard InChI is InChI=1S/C51H31N3S2/c1-3-13-34-27-36(25-23-32(34)11-1)42-31-43(37-26-24-33-12-2-4-14-35(33)28-37)49(39-16-10-18-41(30-39)51-53-45-20-6-8-22-47(45)56-51)54-48(42)38-15-9-17-40(29-38)50-52-44-19-5-7-21-46(44)55-50/h1-31H. The zero-order chi connectivity index (χ0) is 37.0. The van der Waals surface area contributed by atoms with E-state index in [9.17, 15) is 0 Å². The molecule has 0 radical (unpaired) electrons. The number of thiazole rings is 2. The summed E-state index contributed by atoms with van der Waals surface area (Å²) >= 11 is 3.44. The molecule has 11 rings (SSSR count). The lowest BCUT2D eigenvalue weighted by atomic mass is 9.90. The second-order valence-electron chi connectivity index (χ2n) is 14.0. The molecule has 3 nitrogen and oxygen atoms in total. The molecule has 0 saturated heterocycles.